The van der Waals surface area contributed by atoms with E-state index in [1.54, 1.807) is 26.8 Å². The number of hydrogen-bond acceptors (Lipinski definition) is 4. The highest BCUT2D eigenvalue weighted by molar-refractivity contribution is 6.30. The average Bonchev–Trinajstić information content (AvgIpc) is 2.50. The Kier molecular flexibility index (Phi) is 7.25. The van der Waals surface area contributed by atoms with Crippen LogP contribution in [0.25, 0.3) is 0 Å². The van der Waals surface area contributed by atoms with Gasteiger partial charge < -0.3 is 15.3 Å². The largest absolute Gasteiger partial charge is 0.465 e. The lowest BCUT2D eigenvalue weighted by atomic mass is 10.0. The highest BCUT2D eigenvalue weighted by Gasteiger charge is 2.33. The summed E-state index contributed by atoms with van der Waals surface area (Å²) in [5.74, 6) is -1.43. The Labute approximate surface area is 158 Å². The molecule has 0 aliphatic heterocycles. The molecule has 0 fully saturated rings. The van der Waals surface area contributed by atoms with Crippen molar-refractivity contribution in [1.29, 1.82) is 5.26 Å². The zero-order valence-corrected chi connectivity index (χ0v) is 15.6. The third-order valence-corrected chi connectivity index (χ3v) is 3.90. The number of carbonyl (C=O) groups is 1. The summed E-state index contributed by atoms with van der Waals surface area (Å²) in [6.45, 7) is 4.41. The van der Waals surface area contributed by atoms with Crippen LogP contribution in [0.1, 0.15) is 39.2 Å². The summed E-state index contributed by atoms with van der Waals surface area (Å²) < 4.78 is 52.0. The molecule has 1 unspecified atom stereocenters. The van der Waals surface area contributed by atoms with Crippen molar-refractivity contribution in [1.82, 2.24) is 9.88 Å². The van der Waals surface area contributed by atoms with Crippen LogP contribution in [0.5, 0.6) is 0 Å². The molecule has 150 valence electrons. The summed E-state index contributed by atoms with van der Waals surface area (Å²) in [5.41, 5.74) is -1.12. The summed E-state index contributed by atoms with van der Waals surface area (Å²) in [4.78, 5) is 16.1. The first kappa shape index (κ1) is 22.8. The predicted molar refractivity (Wildman–Crippen MR) is 91.1 cm³/mol. The van der Waals surface area contributed by atoms with Gasteiger partial charge in [-0.15, -0.1) is 0 Å². The van der Waals surface area contributed by atoms with Crippen LogP contribution in [-0.2, 0) is 0 Å². The molecule has 1 rings (SSSR count). The van der Waals surface area contributed by atoms with Gasteiger partial charge in [-0.1, -0.05) is 11.6 Å². The van der Waals surface area contributed by atoms with E-state index in [9.17, 15) is 27.5 Å². The van der Waals surface area contributed by atoms with Gasteiger partial charge in [0, 0.05) is 24.5 Å². The minimum absolute atomic E-state index is 0.228. The maximum Gasteiger partial charge on any atom is 0.407 e. The van der Waals surface area contributed by atoms with E-state index < -0.39 is 48.3 Å². The van der Waals surface area contributed by atoms with Crippen molar-refractivity contribution in [3.8, 4) is 6.07 Å². The molecule has 0 saturated carbocycles. The van der Waals surface area contributed by atoms with E-state index in [4.69, 9.17) is 16.9 Å². The van der Waals surface area contributed by atoms with E-state index in [0.29, 0.717) is 0 Å². The fourth-order valence-electron chi connectivity index (χ4n) is 2.25. The summed E-state index contributed by atoms with van der Waals surface area (Å²) in [6.07, 6.45) is -7.51. The Balaban J connectivity index is 3.14. The molecule has 6 nitrogen and oxygen atoms in total. The molecule has 1 atom stereocenters. The molecule has 0 radical (unpaired) electrons. The first-order valence-corrected chi connectivity index (χ1v) is 8.22. The summed E-state index contributed by atoms with van der Waals surface area (Å²) in [7, 11) is 0. The molecule has 1 aromatic heterocycles. The van der Waals surface area contributed by atoms with Gasteiger partial charge in [0.2, 0.25) is 0 Å². The Morgan fingerprint density at radius 1 is 1.44 bits per heavy atom. The number of halogens is 5. The first-order valence-electron chi connectivity index (χ1n) is 7.84. The van der Waals surface area contributed by atoms with Gasteiger partial charge in [-0.25, -0.2) is 14.2 Å². The topological polar surface area (TPSA) is 89.3 Å². The third kappa shape index (κ3) is 7.09. The molecule has 0 saturated heterocycles. The zero-order chi connectivity index (χ0) is 21.0. The Morgan fingerprint density at radius 2 is 2.04 bits per heavy atom. The number of carboxylic acid groups (broad SMARTS) is 1. The monoisotopic (exact) mass is 410 g/mol. The second-order valence-electron chi connectivity index (χ2n) is 6.83. The lowest BCUT2D eigenvalue weighted by Crippen LogP contribution is -2.50. The maximum atomic E-state index is 14.1. The number of hydrogen-bond donors (Lipinski definition) is 2. The summed E-state index contributed by atoms with van der Waals surface area (Å²) in [6, 6.07) is 1.34. The summed E-state index contributed by atoms with van der Waals surface area (Å²) >= 11 is 5.74. The number of amides is 1. The van der Waals surface area contributed by atoms with E-state index in [-0.39, 0.29) is 17.3 Å². The molecule has 0 spiro atoms. The summed E-state index contributed by atoms with van der Waals surface area (Å²) in [5, 5.41) is 20.3. The maximum absolute atomic E-state index is 14.1. The number of nitrogens with zero attached hydrogens (tertiary/aromatic N) is 3. The van der Waals surface area contributed by atoms with Gasteiger partial charge in [0.05, 0.1) is 5.56 Å². The van der Waals surface area contributed by atoms with E-state index in [0.717, 1.165) is 11.0 Å². The number of rotatable bonds is 6. The molecule has 1 heterocycles. The van der Waals surface area contributed by atoms with Crippen molar-refractivity contribution in [3.63, 3.8) is 0 Å². The van der Waals surface area contributed by atoms with Gasteiger partial charge in [0.15, 0.2) is 11.6 Å². The fourth-order valence-corrected chi connectivity index (χ4v) is 2.43. The normalized spacial score (nSPS) is 13.0. The first-order chi connectivity index (χ1) is 12.2. The molecule has 0 aromatic carbocycles. The standard InChI is InChI=1S/C16H19ClF4N4O2/c1-15(2,3)25(14(26)27)8-10(4-5-16(19,20)21)23-13-11(18)6-9(7-22)12(17)24-13/h6,10H,4-5,8H2,1-3H3,(H,23,24)(H,26,27). The minimum Gasteiger partial charge on any atom is -0.465 e. The van der Waals surface area contributed by atoms with E-state index in [1.807, 2.05) is 0 Å². The van der Waals surface area contributed by atoms with Crippen molar-refractivity contribution in [2.45, 2.75) is 51.4 Å². The van der Waals surface area contributed by atoms with Crippen LogP contribution in [0.2, 0.25) is 5.15 Å². The van der Waals surface area contributed by atoms with Crippen molar-refractivity contribution >= 4 is 23.5 Å². The second kappa shape index (κ2) is 8.61. The highest BCUT2D eigenvalue weighted by atomic mass is 35.5. The van der Waals surface area contributed by atoms with Crippen molar-refractivity contribution in [2.24, 2.45) is 0 Å². The Bertz CT molecular complexity index is 729. The van der Waals surface area contributed by atoms with Gasteiger partial charge in [0.25, 0.3) is 0 Å². The molecule has 2 N–H and O–H groups in total. The predicted octanol–water partition coefficient (Wildman–Crippen LogP) is 4.65. The van der Waals surface area contributed by atoms with Crippen LogP contribution in [0.3, 0.4) is 0 Å². The fraction of sp³-hybridized carbons (Fsp3) is 0.562. The molecule has 0 bridgehead atoms. The zero-order valence-electron chi connectivity index (χ0n) is 14.9. The van der Waals surface area contributed by atoms with Crippen molar-refractivity contribution < 1.29 is 27.5 Å². The van der Waals surface area contributed by atoms with Crippen molar-refractivity contribution in [2.75, 3.05) is 11.9 Å². The van der Waals surface area contributed by atoms with E-state index >= 15 is 0 Å². The molecule has 1 aromatic rings. The SMILES string of the molecule is CC(C)(C)N(CC(CCC(F)(F)F)Nc1nc(Cl)c(C#N)cc1F)C(=O)O. The van der Waals surface area contributed by atoms with Crippen LogP contribution >= 0.6 is 11.6 Å². The molecule has 27 heavy (non-hydrogen) atoms. The number of anilines is 1. The number of nitriles is 1. The van der Waals surface area contributed by atoms with Crippen LogP contribution in [0, 0.1) is 17.1 Å². The van der Waals surface area contributed by atoms with Crippen molar-refractivity contribution in [3.05, 3.63) is 22.6 Å². The molecule has 11 heteroatoms. The van der Waals surface area contributed by atoms with Crippen LogP contribution in [0.15, 0.2) is 6.07 Å². The second-order valence-corrected chi connectivity index (χ2v) is 7.19. The lowest BCUT2D eigenvalue weighted by Gasteiger charge is -2.36. The Morgan fingerprint density at radius 3 is 2.48 bits per heavy atom. The van der Waals surface area contributed by atoms with Crippen LogP contribution < -0.4 is 5.32 Å². The van der Waals surface area contributed by atoms with Gasteiger partial charge in [0.1, 0.15) is 11.2 Å². The molecule has 1 amide bonds. The smallest absolute Gasteiger partial charge is 0.407 e. The average molecular weight is 411 g/mol. The van der Waals surface area contributed by atoms with Crippen LogP contribution in [0.4, 0.5) is 28.2 Å². The Hall–Kier alpha value is -2.28. The quantitative estimate of drug-likeness (QED) is 0.526. The van der Waals surface area contributed by atoms with Crippen LogP contribution in [-0.4, -0.2) is 45.4 Å². The number of aromatic nitrogens is 1. The lowest BCUT2D eigenvalue weighted by molar-refractivity contribution is -0.136. The molecular formula is C16H19ClF4N4O2. The van der Waals surface area contributed by atoms with Gasteiger partial charge in [-0.2, -0.15) is 18.4 Å². The van der Waals surface area contributed by atoms with E-state index in [2.05, 4.69) is 10.3 Å². The molecule has 0 aliphatic carbocycles. The van der Waals surface area contributed by atoms with Gasteiger partial charge >= 0.3 is 12.3 Å². The molecular weight excluding hydrogens is 392 g/mol. The minimum atomic E-state index is -4.47. The number of nitrogens with one attached hydrogen (secondary N) is 1. The number of alkyl halides is 3. The third-order valence-electron chi connectivity index (χ3n) is 3.61. The highest BCUT2D eigenvalue weighted by Crippen LogP contribution is 2.26. The number of pyridine rings is 1. The van der Waals surface area contributed by atoms with E-state index in [1.165, 1.54) is 0 Å². The molecule has 0 aliphatic rings. The van der Waals surface area contributed by atoms with Gasteiger partial charge in [-0.05, 0) is 33.3 Å². The van der Waals surface area contributed by atoms with Gasteiger partial charge in [-0.3, -0.25) is 0 Å².